The number of rotatable bonds is 1. The van der Waals surface area contributed by atoms with Gasteiger partial charge in [0.15, 0.2) is 0 Å². The van der Waals surface area contributed by atoms with E-state index in [4.69, 9.17) is 5.14 Å². The summed E-state index contributed by atoms with van der Waals surface area (Å²) in [5, 5.41) is 5.04. The van der Waals surface area contributed by atoms with Crippen LogP contribution in [0.3, 0.4) is 0 Å². The maximum absolute atomic E-state index is 11.1. The highest BCUT2D eigenvalue weighted by Crippen LogP contribution is 2.21. The molecule has 2 N–H and O–H groups in total. The lowest BCUT2D eigenvalue weighted by molar-refractivity contribution is 0.604. The zero-order chi connectivity index (χ0) is 10.1. The fourth-order valence-corrected chi connectivity index (χ4v) is 1.90. The van der Waals surface area contributed by atoms with Crippen molar-refractivity contribution >= 4 is 10.0 Å². The van der Waals surface area contributed by atoms with Gasteiger partial charge in [-0.2, -0.15) is 0 Å². The summed E-state index contributed by atoms with van der Waals surface area (Å²) in [7, 11) is -3.62. The molecule has 0 aromatic heterocycles. The van der Waals surface area contributed by atoms with Crippen LogP contribution in [0.2, 0.25) is 0 Å². The summed E-state index contributed by atoms with van der Waals surface area (Å²) in [6, 6.07) is 0. The molecular weight excluding hydrogens is 186 g/mol. The standard InChI is InChI=1S/C9H11NO2S/c1-3-8-5-4-7(2)6-9(8)13(10,11)12/h3,5-6H,1-2H3,(H2,10,11,12)/b8-3+. The Labute approximate surface area is 78.0 Å². The smallest absolute Gasteiger partial charge is 0.225 e. The number of hydrogen-bond acceptors (Lipinski definition) is 2. The van der Waals surface area contributed by atoms with Crippen molar-refractivity contribution in [2.24, 2.45) is 5.14 Å². The van der Waals surface area contributed by atoms with Gasteiger partial charge in [0, 0.05) is 0 Å². The summed E-state index contributed by atoms with van der Waals surface area (Å²) >= 11 is 0. The van der Waals surface area contributed by atoms with Gasteiger partial charge in [-0.3, -0.25) is 0 Å². The highest BCUT2D eigenvalue weighted by molar-refractivity contribution is 7.93. The van der Waals surface area contributed by atoms with Crippen LogP contribution >= 0.6 is 0 Å². The van der Waals surface area contributed by atoms with Crippen LogP contribution in [0.15, 0.2) is 40.0 Å². The van der Waals surface area contributed by atoms with E-state index in [-0.39, 0.29) is 4.91 Å². The third-order valence-corrected chi connectivity index (χ3v) is 2.67. The first-order chi connectivity index (χ1) is 5.95. The van der Waals surface area contributed by atoms with Crippen LogP contribution in [0, 0.1) is 0 Å². The maximum atomic E-state index is 11.1. The Balaban J connectivity index is 3.37. The lowest BCUT2D eigenvalue weighted by Crippen LogP contribution is -2.16. The molecule has 0 fully saturated rings. The Morgan fingerprint density at radius 2 is 2.15 bits per heavy atom. The van der Waals surface area contributed by atoms with Crippen LogP contribution < -0.4 is 5.14 Å². The Bertz CT molecular complexity index is 446. The van der Waals surface area contributed by atoms with E-state index in [0.29, 0.717) is 5.57 Å². The summed E-state index contributed by atoms with van der Waals surface area (Å²) in [6.45, 7) is 3.53. The Morgan fingerprint density at radius 3 is 2.62 bits per heavy atom. The third kappa shape index (κ3) is 2.18. The Hall–Kier alpha value is -1.09. The zero-order valence-electron chi connectivity index (χ0n) is 7.53. The second-order valence-electron chi connectivity index (χ2n) is 2.77. The lowest BCUT2D eigenvalue weighted by atomic mass is 10.1. The van der Waals surface area contributed by atoms with Gasteiger partial charge in [-0.25, -0.2) is 13.6 Å². The zero-order valence-corrected chi connectivity index (χ0v) is 8.35. The van der Waals surface area contributed by atoms with Gasteiger partial charge in [-0.1, -0.05) is 6.08 Å². The highest BCUT2D eigenvalue weighted by atomic mass is 32.2. The molecular formula is C9H11NO2S. The molecule has 0 radical (unpaired) electrons. The predicted molar refractivity (Wildman–Crippen MR) is 52.2 cm³/mol. The second-order valence-corrected chi connectivity index (χ2v) is 4.30. The van der Waals surface area contributed by atoms with Gasteiger partial charge in [-0.15, -0.1) is 5.73 Å². The topological polar surface area (TPSA) is 60.2 Å². The van der Waals surface area contributed by atoms with E-state index in [1.807, 2.05) is 0 Å². The molecule has 1 aliphatic rings. The summed E-state index contributed by atoms with van der Waals surface area (Å²) in [4.78, 5) is 0.159. The average Bonchev–Trinajstić information content (AvgIpc) is 2.03. The summed E-state index contributed by atoms with van der Waals surface area (Å²) in [5.41, 5.74) is 4.26. The van der Waals surface area contributed by atoms with E-state index in [9.17, 15) is 8.42 Å². The molecule has 0 unspecified atom stereocenters. The number of nitrogens with two attached hydrogens (primary N) is 1. The maximum Gasteiger partial charge on any atom is 0.238 e. The lowest BCUT2D eigenvalue weighted by Gasteiger charge is -2.08. The quantitative estimate of drug-likeness (QED) is 0.642. The number of sulfonamides is 1. The summed E-state index contributed by atoms with van der Waals surface area (Å²) in [5.74, 6) is 0. The molecule has 0 aromatic carbocycles. The van der Waals surface area contributed by atoms with Gasteiger partial charge in [0.1, 0.15) is 0 Å². The van der Waals surface area contributed by atoms with Crippen molar-refractivity contribution in [3.63, 3.8) is 0 Å². The normalized spacial score (nSPS) is 20.1. The molecule has 70 valence electrons. The van der Waals surface area contributed by atoms with Gasteiger partial charge in [0.25, 0.3) is 0 Å². The van der Waals surface area contributed by atoms with Gasteiger partial charge in [0.05, 0.1) is 4.91 Å². The molecule has 0 bridgehead atoms. The fraction of sp³-hybridized carbons (Fsp3) is 0.222. The average molecular weight is 197 g/mol. The first-order valence-corrected chi connectivity index (χ1v) is 5.34. The van der Waals surface area contributed by atoms with Crippen LogP contribution in [-0.2, 0) is 10.0 Å². The Kier molecular flexibility index (Phi) is 2.57. The van der Waals surface area contributed by atoms with Gasteiger partial charge in [0.2, 0.25) is 10.0 Å². The monoisotopic (exact) mass is 197 g/mol. The molecule has 13 heavy (non-hydrogen) atoms. The van der Waals surface area contributed by atoms with Crippen LogP contribution in [0.5, 0.6) is 0 Å². The van der Waals surface area contributed by atoms with Gasteiger partial charge < -0.3 is 0 Å². The van der Waals surface area contributed by atoms with Crippen molar-refractivity contribution < 1.29 is 8.42 Å². The molecule has 0 aromatic rings. The van der Waals surface area contributed by atoms with Crippen molar-refractivity contribution in [3.8, 4) is 0 Å². The van der Waals surface area contributed by atoms with Crippen molar-refractivity contribution in [3.05, 3.63) is 40.0 Å². The van der Waals surface area contributed by atoms with Crippen LogP contribution in [0.25, 0.3) is 0 Å². The molecule has 0 atom stereocenters. The van der Waals surface area contributed by atoms with Gasteiger partial charge in [-0.05, 0) is 37.1 Å². The van der Waals surface area contributed by atoms with Gasteiger partial charge >= 0.3 is 0 Å². The summed E-state index contributed by atoms with van der Waals surface area (Å²) < 4.78 is 22.2. The summed E-state index contributed by atoms with van der Waals surface area (Å²) in [6.07, 6.45) is 4.83. The first kappa shape index (κ1) is 9.99. The Morgan fingerprint density at radius 1 is 1.54 bits per heavy atom. The van der Waals surface area contributed by atoms with Crippen LogP contribution in [0.1, 0.15) is 13.8 Å². The minimum Gasteiger partial charge on any atom is -0.225 e. The highest BCUT2D eigenvalue weighted by Gasteiger charge is 2.16. The molecule has 0 amide bonds. The number of allylic oxidation sites excluding steroid dienone is 4. The van der Waals surface area contributed by atoms with Crippen molar-refractivity contribution in [1.82, 2.24) is 0 Å². The SMILES string of the molecule is C/C=C1\C=C=C(C)C=C1S(N)(=O)=O. The van der Waals surface area contributed by atoms with E-state index in [0.717, 1.165) is 5.57 Å². The molecule has 1 aliphatic carbocycles. The van der Waals surface area contributed by atoms with Crippen LogP contribution in [0.4, 0.5) is 0 Å². The minimum absolute atomic E-state index is 0.159. The molecule has 3 nitrogen and oxygen atoms in total. The van der Waals surface area contributed by atoms with E-state index in [2.05, 4.69) is 5.73 Å². The van der Waals surface area contributed by atoms with E-state index in [1.54, 1.807) is 26.0 Å². The van der Waals surface area contributed by atoms with E-state index in [1.165, 1.54) is 6.08 Å². The van der Waals surface area contributed by atoms with Crippen molar-refractivity contribution in [2.75, 3.05) is 0 Å². The van der Waals surface area contributed by atoms with E-state index >= 15 is 0 Å². The molecule has 0 aliphatic heterocycles. The third-order valence-electron chi connectivity index (χ3n) is 1.70. The van der Waals surface area contributed by atoms with Crippen LogP contribution in [-0.4, -0.2) is 8.42 Å². The largest absolute Gasteiger partial charge is 0.238 e. The van der Waals surface area contributed by atoms with Crippen molar-refractivity contribution in [1.29, 1.82) is 0 Å². The molecule has 4 heteroatoms. The molecule has 0 heterocycles. The predicted octanol–water partition coefficient (Wildman–Crippen LogP) is 1.22. The van der Waals surface area contributed by atoms with E-state index < -0.39 is 10.0 Å². The molecule has 0 saturated carbocycles. The number of primary sulfonamides is 1. The molecule has 0 spiro atoms. The number of hydrogen-bond donors (Lipinski definition) is 1. The molecule has 0 saturated heterocycles. The first-order valence-electron chi connectivity index (χ1n) is 3.79. The molecule has 1 rings (SSSR count). The second kappa shape index (κ2) is 3.34. The minimum atomic E-state index is -3.62. The van der Waals surface area contributed by atoms with Crippen molar-refractivity contribution in [2.45, 2.75) is 13.8 Å². The fourth-order valence-electron chi connectivity index (χ4n) is 1.06.